The highest BCUT2D eigenvalue weighted by molar-refractivity contribution is 8.03. The number of cyclic esters (lactones) is 1. The highest BCUT2D eigenvalue weighted by Crippen LogP contribution is 2.37. The van der Waals surface area contributed by atoms with Crippen LogP contribution < -0.4 is 0 Å². The first-order valence-corrected chi connectivity index (χ1v) is 6.56. The molecule has 0 aromatic heterocycles. The van der Waals surface area contributed by atoms with Gasteiger partial charge in [-0.15, -0.1) is 0 Å². The Morgan fingerprint density at radius 2 is 1.94 bits per heavy atom. The number of carbonyl (C=O) groups excluding carboxylic acids is 1. The van der Waals surface area contributed by atoms with Gasteiger partial charge in [0, 0.05) is 9.92 Å². The molecular formula is C12H10Cl2O2S. The Hall–Kier alpha value is -0.640. The Bertz CT molecular complexity index is 523. The van der Waals surface area contributed by atoms with Crippen LogP contribution in [0.1, 0.15) is 11.1 Å². The average Bonchev–Trinajstić information content (AvgIpc) is 2.58. The molecule has 0 spiro atoms. The Balaban J connectivity index is 2.31. The van der Waals surface area contributed by atoms with E-state index in [1.807, 2.05) is 26.0 Å². The fourth-order valence-corrected chi connectivity index (χ4v) is 2.90. The van der Waals surface area contributed by atoms with Crippen molar-refractivity contribution in [1.29, 1.82) is 0 Å². The van der Waals surface area contributed by atoms with Crippen molar-refractivity contribution in [1.82, 2.24) is 0 Å². The van der Waals surface area contributed by atoms with E-state index < -0.39 is 5.97 Å². The number of halogens is 2. The summed E-state index contributed by atoms with van der Waals surface area (Å²) in [6, 6.07) is 3.90. The third kappa shape index (κ3) is 2.62. The molecule has 90 valence electrons. The van der Waals surface area contributed by atoms with Gasteiger partial charge in [-0.1, -0.05) is 35.0 Å². The molecule has 0 bridgehead atoms. The van der Waals surface area contributed by atoms with Gasteiger partial charge in [0.15, 0.2) is 0 Å². The number of ether oxygens (including phenoxy) is 1. The van der Waals surface area contributed by atoms with Gasteiger partial charge in [-0.3, -0.25) is 0 Å². The molecule has 2 rings (SSSR count). The van der Waals surface area contributed by atoms with Crippen molar-refractivity contribution in [2.24, 2.45) is 0 Å². The zero-order chi connectivity index (χ0) is 12.6. The second-order valence-corrected chi connectivity index (χ2v) is 5.70. The van der Waals surface area contributed by atoms with Crippen LogP contribution in [0.25, 0.3) is 0 Å². The van der Waals surface area contributed by atoms with Gasteiger partial charge >= 0.3 is 5.97 Å². The fourth-order valence-electron chi connectivity index (χ4n) is 1.44. The zero-order valence-corrected chi connectivity index (χ0v) is 11.7. The van der Waals surface area contributed by atoms with Gasteiger partial charge in [-0.25, -0.2) is 4.79 Å². The summed E-state index contributed by atoms with van der Waals surface area (Å²) in [6.07, 6.45) is 0. The summed E-state index contributed by atoms with van der Waals surface area (Å²) >= 11 is 13.3. The highest BCUT2D eigenvalue weighted by atomic mass is 35.5. The third-order valence-corrected chi connectivity index (χ3v) is 4.58. The maximum Gasteiger partial charge on any atom is 0.351 e. The molecular weight excluding hydrogens is 279 g/mol. The topological polar surface area (TPSA) is 26.3 Å². The summed E-state index contributed by atoms with van der Waals surface area (Å²) in [5, 5.41) is 0.924. The maximum absolute atomic E-state index is 11.1. The molecule has 5 heteroatoms. The largest absolute Gasteiger partial charge is 0.456 e. The van der Waals surface area contributed by atoms with Crippen LogP contribution >= 0.6 is 35.0 Å². The Morgan fingerprint density at radius 1 is 1.24 bits per heavy atom. The van der Waals surface area contributed by atoms with Crippen LogP contribution in [0, 0.1) is 13.8 Å². The van der Waals surface area contributed by atoms with Crippen LogP contribution in [0.5, 0.6) is 0 Å². The molecule has 0 amide bonds. The van der Waals surface area contributed by atoms with Crippen LogP contribution in [-0.2, 0) is 9.53 Å². The number of carbonyl (C=O) groups is 1. The minimum absolute atomic E-state index is 0.182. The lowest BCUT2D eigenvalue weighted by molar-refractivity contribution is -0.135. The average molecular weight is 289 g/mol. The number of hydrogen-bond donors (Lipinski definition) is 0. The van der Waals surface area contributed by atoms with Crippen molar-refractivity contribution in [2.75, 3.05) is 6.61 Å². The quantitative estimate of drug-likeness (QED) is 0.768. The molecule has 1 heterocycles. The highest BCUT2D eigenvalue weighted by Gasteiger charge is 2.24. The van der Waals surface area contributed by atoms with Crippen molar-refractivity contribution in [2.45, 2.75) is 18.7 Å². The number of thioether (sulfide) groups is 1. The van der Waals surface area contributed by atoms with E-state index in [4.69, 9.17) is 27.9 Å². The minimum Gasteiger partial charge on any atom is -0.456 e. The van der Waals surface area contributed by atoms with Crippen molar-refractivity contribution in [3.05, 3.63) is 38.2 Å². The summed E-state index contributed by atoms with van der Waals surface area (Å²) < 4.78 is 4.85. The molecule has 0 unspecified atom stereocenters. The summed E-state index contributed by atoms with van der Waals surface area (Å²) in [5.41, 5.74) is 2.06. The van der Waals surface area contributed by atoms with E-state index in [0.717, 1.165) is 26.0 Å². The van der Waals surface area contributed by atoms with E-state index in [1.165, 1.54) is 11.8 Å². The first-order valence-electron chi connectivity index (χ1n) is 4.99. The molecule has 17 heavy (non-hydrogen) atoms. The molecule has 0 atom stereocenters. The van der Waals surface area contributed by atoms with Gasteiger partial charge in [0.05, 0.1) is 4.91 Å². The monoisotopic (exact) mass is 288 g/mol. The third-order valence-electron chi connectivity index (χ3n) is 2.45. The summed E-state index contributed by atoms with van der Waals surface area (Å²) in [7, 11) is 0. The molecule has 0 N–H and O–H groups in total. The van der Waals surface area contributed by atoms with E-state index in [2.05, 4.69) is 0 Å². The van der Waals surface area contributed by atoms with E-state index in [9.17, 15) is 4.79 Å². The standard InChI is InChI=1S/C12H10Cl2O2S/c1-6-4-9(7(2)3-8(6)13)17-10-5-16-12(15)11(10)14/h3-4H,5H2,1-2H3. The first-order chi connectivity index (χ1) is 7.99. The first kappa shape index (κ1) is 12.8. The number of aryl methyl sites for hydroxylation is 2. The predicted octanol–water partition coefficient (Wildman–Crippen LogP) is 4.06. The Morgan fingerprint density at radius 3 is 2.53 bits per heavy atom. The lowest BCUT2D eigenvalue weighted by Gasteiger charge is -2.08. The summed E-state index contributed by atoms with van der Waals surface area (Å²) in [5.74, 6) is -0.447. The number of rotatable bonds is 2. The van der Waals surface area contributed by atoms with Crippen molar-refractivity contribution >= 4 is 40.9 Å². The Labute approximate surface area is 114 Å². The predicted molar refractivity (Wildman–Crippen MR) is 70.6 cm³/mol. The second-order valence-electron chi connectivity index (χ2n) is 3.78. The van der Waals surface area contributed by atoms with Gasteiger partial charge in [0.25, 0.3) is 0 Å². The summed E-state index contributed by atoms with van der Waals surface area (Å²) in [4.78, 5) is 12.9. The molecule has 0 aliphatic carbocycles. The van der Waals surface area contributed by atoms with E-state index in [1.54, 1.807) is 0 Å². The normalized spacial score (nSPS) is 15.4. The van der Waals surface area contributed by atoms with Crippen LogP contribution in [0.2, 0.25) is 5.02 Å². The van der Waals surface area contributed by atoms with Crippen LogP contribution in [0.3, 0.4) is 0 Å². The lowest BCUT2D eigenvalue weighted by atomic mass is 10.2. The molecule has 2 nitrogen and oxygen atoms in total. The molecule has 0 fully saturated rings. The molecule has 1 aliphatic heterocycles. The van der Waals surface area contributed by atoms with Crippen molar-refractivity contribution in [3.63, 3.8) is 0 Å². The van der Waals surface area contributed by atoms with Crippen LogP contribution in [-0.4, -0.2) is 12.6 Å². The number of benzene rings is 1. The van der Waals surface area contributed by atoms with E-state index >= 15 is 0 Å². The van der Waals surface area contributed by atoms with E-state index in [-0.39, 0.29) is 11.6 Å². The summed E-state index contributed by atoms with van der Waals surface area (Å²) in [6.45, 7) is 4.17. The molecule has 1 aromatic rings. The molecule has 0 saturated carbocycles. The van der Waals surface area contributed by atoms with Gasteiger partial charge in [-0.05, 0) is 37.1 Å². The molecule has 0 radical (unpaired) electrons. The number of hydrogen-bond acceptors (Lipinski definition) is 3. The SMILES string of the molecule is Cc1cc(SC2=C(Cl)C(=O)OC2)c(C)cc1Cl. The maximum atomic E-state index is 11.1. The van der Waals surface area contributed by atoms with Gasteiger partial charge < -0.3 is 4.74 Å². The zero-order valence-electron chi connectivity index (χ0n) is 9.34. The lowest BCUT2D eigenvalue weighted by Crippen LogP contribution is -1.93. The molecule has 1 aromatic carbocycles. The molecule has 0 saturated heterocycles. The van der Waals surface area contributed by atoms with Crippen molar-refractivity contribution < 1.29 is 9.53 Å². The van der Waals surface area contributed by atoms with Crippen molar-refractivity contribution in [3.8, 4) is 0 Å². The van der Waals surface area contributed by atoms with Gasteiger partial charge in [0.2, 0.25) is 0 Å². The van der Waals surface area contributed by atoms with Gasteiger partial charge in [-0.2, -0.15) is 0 Å². The second kappa shape index (κ2) is 4.92. The molecule has 1 aliphatic rings. The fraction of sp³-hybridized carbons (Fsp3) is 0.250. The minimum atomic E-state index is -0.447. The van der Waals surface area contributed by atoms with Crippen LogP contribution in [0.4, 0.5) is 0 Å². The Kier molecular flexibility index (Phi) is 3.71. The smallest absolute Gasteiger partial charge is 0.351 e. The van der Waals surface area contributed by atoms with Gasteiger partial charge in [0.1, 0.15) is 11.6 Å². The van der Waals surface area contributed by atoms with E-state index in [0.29, 0.717) is 0 Å². The number of esters is 1. The van der Waals surface area contributed by atoms with Crippen LogP contribution in [0.15, 0.2) is 27.0 Å².